The van der Waals surface area contributed by atoms with Crippen molar-refractivity contribution in [3.63, 3.8) is 0 Å². The number of hydrogen-bond donors (Lipinski definition) is 1. The average Bonchev–Trinajstić information content (AvgIpc) is 3.03. The Kier molecular flexibility index (Phi) is 5.09. The number of aromatic amines is 1. The zero-order chi connectivity index (χ0) is 15.1. The van der Waals surface area contributed by atoms with Gasteiger partial charge in [-0.2, -0.15) is 0 Å². The molecule has 110 valence electrons. The van der Waals surface area contributed by atoms with E-state index in [0.29, 0.717) is 18.1 Å². The number of carbonyl (C=O) groups is 2. The minimum Gasteiger partial charge on any atom is -0.466 e. The molecule has 0 saturated heterocycles. The first-order valence-electron chi connectivity index (χ1n) is 6.74. The van der Waals surface area contributed by atoms with Crippen molar-refractivity contribution in [1.82, 2.24) is 9.97 Å². The Hall–Kier alpha value is -2.63. The van der Waals surface area contributed by atoms with E-state index in [-0.39, 0.29) is 24.8 Å². The summed E-state index contributed by atoms with van der Waals surface area (Å²) < 4.78 is 4.89. The first-order valence-corrected chi connectivity index (χ1v) is 6.74. The quantitative estimate of drug-likeness (QED) is 0.825. The normalized spacial score (nSPS) is 10.1. The Morgan fingerprint density at radius 2 is 2.14 bits per heavy atom. The topological polar surface area (TPSA) is 75.3 Å². The van der Waals surface area contributed by atoms with Crippen LogP contribution in [0.25, 0.3) is 0 Å². The van der Waals surface area contributed by atoms with Crippen molar-refractivity contribution in [2.45, 2.75) is 13.3 Å². The fraction of sp³-hybridized carbons (Fsp3) is 0.267. The molecule has 0 atom stereocenters. The third-order valence-corrected chi connectivity index (χ3v) is 2.84. The molecule has 0 spiro atoms. The molecule has 0 radical (unpaired) electrons. The summed E-state index contributed by atoms with van der Waals surface area (Å²) in [5.74, 6) is -0.0675. The van der Waals surface area contributed by atoms with Gasteiger partial charge in [0.25, 0.3) is 5.91 Å². The van der Waals surface area contributed by atoms with Crippen LogP contribution in [0, 0.1) is 0 Å². The molecular weight excluding hydrogens is 270 g/mol. The molecule has 0 bridgehead atoms. The summed E-state index contributed by atoms with van der Waals surface area (Å²) >= 11 is 0. The van der Waals surface area contributed by atoms with E-state index in [1.54, 1.807) is 49.6 Å². The lowest BCUT2D eigenvalue weighted by Crippen LogP contribution is -2.34. The van der Waals surface area contributed by atoms with E-state index in [1.165, 1.54) is 4.90 Å². The number of hydrogen-bond acceptors (Lipinski definition) is 4. The van der Waals surface area contributed by atoms with E-state index in [4.69, 9.17) is 4.74 Å². The zero-order valence-corrected chi connectivity index (χ0v) is 11.8. The molecule has 0 unspecified atom stereocenters. The Morgan fingerprint density at radius 1 is 1.29 bits per heavy atom. The van der Waals surface area contributed by atoms with E-state index in [1.807, 2.05) is 0 Å². The number of nitrogens with one attached hydrogen (secondary N) is 1. The number of carbonyl (C=O) groups excluding carboxylic acids is 2. The van der Waals surface area contributed by atoms with Crippen LogP contribution in [0.2, 0.25) is 0 Å². The summed E-state index contributed by atoms with van der Waals surface area (Å²) in [6, 6.07) is 8.72. The van der Waals surface area contributed by atoms with Crippen molar-refractivity contribution in [3.05, 3.63) is 48.4 Å². The third-order valence-electron chi connectivity index (χ3n) is 2.84. The van der Waals surface area contributed by atoms with Crippen molar-refractivity contribution in [3.8, 4) is 0 Å². The first-order chi connectivity index (χ1) is 10.2. The molecule has 1 amide bonds. The van der Waals surface area contributed by atoms with E-state index in [9.17, 15) is 9.59 Å². The highest BCUT2D eigenvalue weighted by Gasteiger charge is 2.20. The van der Waals surface area contributed by atoms with E-state index in [0.717, 1.165) is 0 Å². The third kappa shape index (κ3) is 3.92. The SMILES string of the molecule is CCOC(=O)CCN(C(=O)c1ccc[nH]1)c1ccccn1. The lowest BCUT2D eigenvalue weighted by Gasteiger charge is -2.20. The van der Waals surface area contributed by atoms with Crippen LogP contribution < -0.4 is 4.90 Å². The Labute approximate surface area is 122 Å². The monoisotopic (exact) mass is 287 g/mol. The number of ether oxygens (including phenoxy) is 1. The van der Waals surface area contributed by atoms with Crippen LogP contribution in [0.1, 0.15) is 23.8 Å². The van der Waals surface area contributed by atoms with Crippen molar-refractivity contribution in [2.24, 2.45) is 0 Å². The molecule has 0 aliphatic heterocycles. The number of nitrogens with zero attached hydrogens (tertiary/aromatic N) is 2. The lowest BCUT2D eigenvalue weighted by atomic mass is 10.3. The van der Waals surface area contributed by atoms with Crippen LogP contribution in [0.5, 0.6) is 0 Å². The predicted octanol–water partition coefficient (Wildman–Crippen LogP) is 2.01. The molecule has 0 saturated carbocycles. The molecular formula is C15H17N3O3. The summed E-state index contributed by atoms with van der Waals surface area (Å²) in [4.78, 5) is 32.5. The highest BCUT2D eigenvalue weighted by molar-refractivity contribution is 6.04. The van der Waals surface area contributed by atoms with Crippen molar-refractivity contribution in [1.29, 1.82) is 0 Å². The largest absolute Gasteiger partial charge is 0.466 e. The summed E-state index contributed by atoms with van der Waals surface area (Å²) in [7, 11) is 0. The first kappa shape index (κ1) is 14.8. The Balaban J connectivity index is 2.15. The molecule has 2 rings (SSSR count). The van der Waals surface area contributed by atoms with Gasteiger partial charge in [-0.1, -0.05) is 6.07 Å². The number of anilines is 1. The maximum Gasteiger partial charge on any atom is 0.307 e. The fourth-order valence-electron chi connectivity index (χ4n) is 1.88. The van der Waals surface area contributed by atoms with Gasteiger partial charge in [-0.25, -0.2) is 4.98 Å². The molecule has 21 heavy (non-hydrogen) atoms. The van der Waals surface area contributed by atoms with Gasteiger partial charge in [-0.15, -0.1) is 0 Å². The summed E-state index contributed by atoms with van der Waals surface area (Å²) in [5.41, 5.74) is 0.449. The Morgan fingerprint density at radius 3 is 2.76 bits per heavy atom. The zero-order valence-electron chi connectivity index (χ0n) is 11.8. The van der Waals surface area contributed by atoms with Gasteiger partial charge in [-0.3, -0.25) is 14.5 Å². The number of aromatic nitrogens is 2. The lowest BCUT2D eigenvalue weighted by molar-refractivity contribution is -0.142. The smallest absolute Gasteiger partial charge is 0.307 e. The second-order valence-corrected chi connectivity index (χ2v) is 4.28. The minimum atomic E-state index is -0.335. The van der Waals surface area contributed by atoms with Crippen LogP contribution in [0.4, 0.5) is 5.82 Å². The van der Waals surface area contributed by atoms with Crippen molar-refractivity contribution >= 4 is 17.7 Å². The predicted molar refractivity (Wildman–Crippen MR) is 78.0 cm³/mol. The molecule has 2 aromatic heterocycles. The van der Waals surface area contributed by atoms with Crippen LogP contribution in [0.3, 0.4) is 0 Å². The van der Waals surface area contributed by atoms with Crippen LogP contribution in [-0.2, 0) is 9.53 Å². The summed E-state index contributed by atoms with van der Waals surface area (Å²) in [5, 5.41) is 0. The highest BCUT2D eigenvalue weighted by Crippen LogP contribution is 2.14. The molecule has 6 nitrogen and oxygen atoms in total. The number of esters is 1. The van der Waals surface area contributed by atoms with Crippen molar-refractivity contribution < 1.29 is 14.3 Å². The average molecular weight is 287 g/mol. The van der Waals surface area contributed by atoms with Crippen LogP contribution >= 0.6 is 0 Å². The highest BCUT2D eigenvalue weighted by atomic mass is 16.5. The van der Waals surface area contributed by atoms with Gasteiger partial charge < -0.3 is 9.72 Å². The number of rotatable bonds is 6. The van der Waals surface area contributed by atoms with Gasteiger partial charge in [0.2, 0.25) is 0 Å². The molecule has 0 fully saturated rings. The fourth-order valence-corrected chi connectivity index (χ4v) is 1.88. The van der Waals surface area contributed by atoms with Gasteiger partial charge in [0.05, 0.1) is 13.0 Å². The number of pyridine rings is 1. The van der Waals surface area contributed by atoms with E-state index in [2.05, 4.69) is 9.97 Å². The molecule has 2 aromatic rings. The minimum absolute atomic E-state index is 0.122. The summed E-state index contributed by atoms with van der Waals surface area (Å²) in [6.07, 6.45) is 3.40. The van der Waals surface area contributed by atoms with Gasteiger partial charge in [0.15, 0.2) is 0 Å². The maximum absolute atomic E-state index is 12.5. The van der Waals surface area contributed by atoms with E-state index < -0.39 is 0 Å². The maximum atomic E-state index is 12.5. The van der Waals surface area contributed by atoms with Crippen LogP contribution in [-0.4, -0.2) is 35.0 Å². The number of H-pyrrole nitrogens is 1. The van der Waals surface area contributed by atoms with Gasteiger partial charge in [0, 0.05) is 18.9 Å². The molecule has 6 heteroatoms. The molecule has 0 aromatic carbocycles. The Bertz CT molecular complexity index is 581. The van der Waals surface area contributed by atoms with Gasteiger partial charge in [-0.05, 0) is 31.2 Å². The molecule has 0 aliphatic rings. The molecule has 0 aliphatic carbocycles. The number of amides is 1. The van der Waals surface area contributed by atoms with Crippen LogP contribution in [0.15, 0.2) is 42.7 Å². The van der Waals surface area contributed by atoms with Crippen molar-refractivity contribution in [2.75, 3.05) is 18.1 Å². The van der Waals surface area contributed by atoms with E-state index >= 15 is 0 Å². The summed E-state index contributed by atoms with van der Waals surface area (Å²) in [6.45, 7) is 2.29. The second-order valence-electron chi connectivity index (χ2n) is 4.28. The standard InChI is InChI=1S/C15H17N3O3/c1-2-21-14(19)8-11-18(13-7-3-4-9-17-13)15(20)12-6-5-10-16-12/h3-7,9-10,16H,2,8,11H2,1H3. The molecule has 1 N–H and O–H groups in total. The second kappa shape index (κ2) is 7.23. The van der Waals surface area contributed by atoms with Gasteiger partial charge in [0.1, 0.15) is 11.5 Å². The molecule has 2 heterocycles. The van der Waals surface area contributed by atoms with Gasteiger partial charge >= 0.3 is 5.97 Å².